The van der Waals surface area contributed by atoms with Crippen molar-refractivity contribution in [3.63, 3.8) is 0 Å². The Morgan fingerprint density at radius 3 is 2.56 bits per heavy atom. The maximum atomic E-state index is 11.5. The highest BCUT2D eigenvalue weighted by Gasteiger charge is 2.29. The molecule has 2 unspecified atom stereocenters. The number of carboxylic acid groups (broad SMARTS) is 1. The molecule has 1 aliphatic rings. The highest BCUT2D eigenvalue weighted by Crippen LogP contribution is 2.17. The number of hydrogen-bond acceptors (Lipinski definition) is 4. The van der Waals surface area contributed by atoms with Gasteiger partial charge in [-0.05, 0) is 6.42 Å². The molecule has 1 rings (SSSR count). The minimum atomic E-state index is -2.54. The maximum Gasteiger partial charge on any atom is 0.328 e. The second-order valence-corrected chi connectivity index (χ2v) is 6.11. The molecule has 0 aromatic carbocycles. The molecule has 2 atom stereocenters. The highest BCUT2D eigenvalue weighted by atomic mass is 32.2. The van der Waals surface area contributed by atoms with E-state index in [0.717, 1.165) is 12.2 Å². The summed E-state index contributed by atoms with van der Waals surface area (Å²) in [5.74, 6) is -1.14. The summed E-state index contributed by atoms with van der Waals surface area (Å²) in [5, 5.41) is 8.36. The van der Waals surface area contributed by atoms with Crippen molar-refractivity contribution in [2.75, 3.05) is 18.6 Å². The van der Waals surface area contributed by atoms with Gasteiger partial charge >= 0.3 is 5.97 Å². The Hall–Kier alpha value is -1.37. The van der Waals surface area contributed by atoms with E-state index in [2.05, 4.69) is 0 Å². The zero-order chi connectivity index (χ0) is 12.3. The van der Waals surface area contributed by atoms with E-state index in [-0.39, 0.29) is 11.8 Å². The summed E-state index contributed by atoms with van der Waals surface area (Å²) in [4.78, 5) is 23.0. The zero-order valence-corrected chi connectivity index (χ0v) is 9.70. The van der Waals surface area contributed by atoms with Crippen molar-refractivity contribution in [1.29, 1.82) is 4.78 Å². The van der Waals surface area contributed by atoms with Gasteiger partial charge in [0.1, 0.15) is 0 Å². The molecule has 1 amide bonds. The standard InChI is InChI=1S/C9H14N2O4S/c1-11(8(12)2-3-9(13)14)7-4-5-16(10,15)6-7/h2-3,7,10H,4-6H2,1H3,(H,13,14)/b3-2-. The Morgan fingerprint density at radius 1 is 1.50 bits per heavy atom. The van der Waals surface area contributed by atoms with E-state index in [1.54, 1.807) is 0 Å². The van der Waals surface area contributed by atoms with Crippen molar-refractivity contribution in [1.82, 2.24) is 4.90 Å². The van der Waals surface area contributed by atoms with E-state index in [1.165, 1.54) is 11.9 Å². The van der Waals surface area contributed by atoms with Gasteiger partial charge in [-0.15, -0.1) is 0 Å². The van der Waals surface area contributed by atoms with Crippen LogP contribution in [0.25, 0.3) is 0 Å². The molecule has 0 spiro atoms. The van der Waals surface area contributed by atoms with E-state index in [1.807, 2.05) is 0 Å². The lowest BCUT2D eigenvalue weighted by atomic mass is 10.2. The van der Waals surface area contributed by atoms with E-state index in [0.29, 0.717) is 12.2 Å². The van der Waals surface area contributed by atoms with Gasteiger partial charge in [-0.2, -0.15) is 0 Å². The van der Waals surface area contributed by atoms with Crippen LogP contribution in [0.2, 0.25) is 0 Å². The fraction of sp³-hybridized carbons (Fsp3) is 0.556. The Balaban J connectivity index is 2.62. The van der Waals surface area contributed by atoms with Gasteiger partial charge in [0.25, 0.3) is 0 Å². The molecular weight excluding hydrogens is 232 g/mol. The minimum absolute atomic E-state index is 0.177. The second-order valence-electron chi connectivity index (χ2n) is 3.75. The molecule has 6 nitrogen and oxygen atoms in total. The third-order valence-electron chi connectivity index (χ3n) is 2.51. The topological polar surface area (TPSA) is 98.5 Å². The van der Waals surface area contributed by atoms with Crippen molar-refractivity contribution in [3.8, 4) is 0 Å². The Kier molecular flexibility index (Phi) is 3.69. The third-order valence-corrected chi connectivity index (χ3v) is 4.32. The summed E-state index contributed by atoms with van der Waals surface area (Å²) in [6, 6.07) is -0.226. The maximum absolute atomic E-state index is 11.5. The molecule has 90 valence electrons. The van der Waals surface area contributed by atoms with Gasteiger partial charge < -0.3 is 10.0 Å². The van der Waals surface area contributed by atoms with Gasteiger partial charge in [-0.3, -0.25) is 9.57 Å². The number of carbonyl (C=O) groups excluding carboxylic acids is 1. The number of likely N-dealkylation sites (N-methyl/N-ethyl adjacent to an activating group) is 1. The number of amides is 1. The SMILES string of the molecule is CN(C(=O)/C=C\C(=O)O)C1CCS(=N)(=O)C1. The molecule has 1 saturated heterocycles. The summed E-state index contributed by atoms with van der Waals surface area (Å²) >= 11 is 0. The van der Waals surface area contributed by atoms with Gasteiger partial charge in [-0.25, -0.2) is 9.00 Å². The first-order valence-electron chi connectivity index (χ1n) is 4.74. The van der Waals surface area contributed by atoms with Crippen LogP contribution in [0.4, 0.5) is 0 Å². The smallest absolute Gasteiger partial charge is 0.328 e. The van der Waals surface area contributed by atoms with Crippen LogP contribution in [0.3, 0.4) is 0 Å². The van der Waals surface area contributed by atoms with Gasteiger partial charge in [0, 0.05) is 40.7 Å². The molecular formula is C9H14N2O4S. The lowest BCUT2D eigenvalue weighted by Crippen LogP contribution is -2.36. The second kappa shape index (κ2) is 4.65. The average molecular weight is 246 g/mol. The molecule has 1 aliphatic heterocycles. The van der Waals surface area contributed by atoms with Crippen LogP contribution in [0.1, 0.15) is 6.42 Å². The van der Waals surface area contributed by atoms with Crippen molar-refractivity contribution < 1.29 is 18.9 Å². The molecule has 16 heavy (non-hydrogen) atoms. The Labute approximate surface area is 93.9 Å². The number of nitrogens with one attached hydrogen (secondary N) is 1. The minimum Gasteiger partial charge on any atom is -0.478 e. The summed E-state index contributed by atoms with van der Waals surface area (Å²) in [5.41, 5.74) is 0. The molecule has 2 N–H and O–H groups in total. The molecule has 7 heteroatoms. The van der Waals surface area contributed by atoms with Crippen LogP contribution in [0.15, 0.2) is 12.2 Å². The number of aliphatic carboxylic acids is 1. The molecule has 0 radical (unpaired) electrons. The highest BCUT2D eigenvalue weighted by molar-refractivity contribution is 7.92. The molecule has 0 aromatic heterocycles. The van der Waals surface area contributed by atoms with Crippen molar-refractivity contribution in [3.05, 3.63) is 12.2 Å². The first kappa shape index (κ1) is 12.7. The van der Waals surface area contributed by atoms with Crippen molar-refractivity contribution >= 4 is 21.6 Å². The van der Waals surface area contributed by atoms with Crippen LogP contribution < -0.4 is 0 Å². The number of carboxylic acids is 1. The Bertz CT molecular complexity index is 427. The average Bonchev–Trinajstić information content (AvgIpc) is 2.54. The molecule has 0 bridgehead atoms. The fourth-order valence-corrected chi connectivity index (χ4v) is 3.38. The number of hydrogen-bond donors (Lipinski definition) is 2. The van der Waals surface area contributed by atoms with Gasteiger partial charge in [0.15, 0.2) is 0 Å². The summed E-state index contributed by atoms with van der Waals surface area (Å²) in [6.07, 6.45) is 2.27. The van der Waals surface area contributed by atoms with Crippen molar-refractivity contribution in [2.45, 2.75) is 12.5 Å². The molecule has 0 aromatic rings. The van der Waals surface area contributed by atoms with Crippen LogP contribution >= 0.6 is 0 Å². The first-order chi connectivity index (χ1) is 7.32. The lowest BCUT2D eigenvalue weighted by molar-refractivity contribution is -0.132. The van der Waals surface area contributed by atoms with Crippen LogP contribution in [0.5, 0.6) is 0 Å². The first-order valence-corrected chi connectivity index (χ1v) is 6.63. The zero-order valence-electron chi connectivity index (χ0n) is 8.88. The van der Waals surface area contributed by atoms with E-state index >= 15 is 0 Å². The van der Waals surface area contributed by atoms with Crippen LogP contribution in [0, 0.1) is 4.78 Å². The predicted molar refractivity (Wildman–Crippen MR) is 58.5 cm³/mol. The van der Waals surface area contributed by atoms with Gasteiger partial charge in [0.05, 0.1) is 5.75 Å². The number of rotatable bonds is 3. The molecule has 1 fully saturated rings. The fourth-order valence-electron chi connectivity index (χ4n) is 1.55. The summed E-state index contributed by atoms with van der Waals surface area (Å²) in [7, 11) is -1.01. The summed E-state index contributed by atoms with van der Waals surface area (Å²) < 4.78 is 18.8. The number of nitrogens with zero attached hydrogens (tertiary/aromatic N) is 1. The third kappa shape index (κ3) is 3.34. The normalized spacial score (nSPS) is 29.4. The predicted octanol–water partition coefficient (Wildman–Crippen LogP) is -0.0953. The van der Waals surface area contributed by atoms with E-state index in [4.69, 9.17) is 9.89 Å². The number of carbonyl (C=O) groups is 2. The van der Waals surface area contributed by atoms with E-state index < -0.39 is 21.6 Å². The van der Waals surface area contributed by atoms with Crippen LogP contribution in [-0.2, 0) is 19.3 Å². The largest absolute Gasteiger partial charge is 0.478 e. The van der Waals surface area contributed by atoms with Crippen LogP contribution in [-0.4, -0.2) is 50.7 Å². The monoisotopic (exact) mass is 246 g/mol. The molecule has 1 heterocycles. The Morgan fingerprint density at radius 2 is 2.12 bits per heavy atom. The van der Waals surface area contributed by atoms with Crippen molar-refractivity contribution in [2.24, 2.45) is 0 Å². The van der Waals surface area contributed by atoms with E-state index in [9.17, 15) is 13.8 Å². The quantitative estimate of drug-likeness (QED) is 0.679. The lowest BCUT2D eigenvalue weighted by Gasteiger charge is -2.21. The van der Waals surface area contributed by atoms with Gasteiger partial charge in [-0.1, -0.05) is 0 Å². The molecule has 0 saturated carbocycles. The molecule has 0 aliphatic carbocycles. The van der Waals surface area contributed by atoms with Gasteiger partial charge in [0.2, 0.25) is 5.91 Å². The summed E-state index contributed by atoms with van der Waals surface area (Å²) in [6.45, 7) is 0.